The van der Waals surface area contributed by atoms with Crippen LogP contribution in [0.15, 0.2) is 27.5 Å². The molecule has 2 rings (SSSR count). The summed E-state index contributed by atoms with van der Waals surface area (Å²) in [4.78, 5) is 14.1. The molecule has 15 heavy (non-hydrogen) atoms. The van der Waals surface area contributed by atoms with E-state index in [0.717, 1.165) is 9.86 Å². The largest absolute Gasteiger partial charge is 0.491 e. The van der Waals surface area contributed by atoms with E-state index in [0.29, 0.717) is 10.5 Å². The molecule has 0 radical (unpaired) electrons. The maximum absolute atomic E-state index is 11.5. The lowest BCUT2D eigenvalue weighted by molar-refractivity contribution is 0.409. The van der Waals surface area contributed by atoms with Crippen LogP contribution in [-0.4, -0.2) is 12.1 Å². The molecule has 0 aliphatic carbocycles. The maximum Gasteiger partial charge on any atom is 0.290 e. The minimum atomic E-state index is -0.283. The van der Waals surface area contributed by atoms with Crippen molar-refractivity contribution in [2.45, 2.75) is 0 Å². The van der Waals surface area contributed by atoms with Crippen LogP contribution < -0.4 is 10.3 Å². The van der Waals surface area contributed by atoms with E-state index in [1.165, 1.54) is 7.11 Å². The third-order valence-electron chi connectivity index (χ3n) is 2.05. The molecule has 2 aromatic rings. The molecule has 0 aliphatic heterocycles. The number of rotatable bonds is 1. The van der Waals surface area contributed by atoms with Gasteiger partial charge in [0.1, 0.15) is 0 Å². The Hall–Kier alpha value is -1.00. The fourth-order valence-electron chi connectivity index (χ4n) is 1.37. The molecule has 5 heteroatoms. The number of hydrogen-bond acceptors (Lipinski definition) is 2. The Kier molecular flexibility index (Phi) is 2.71. The summed E-state index contributed by atoms with van der Waals surface area (Å²) in [6.07, 6.45) is 0. The van der Waals surface area contributed by atoms with E-state index in [1.54, 1.807) is 12.1 Å². The van der Waals surface area contributed by atoms with Crippen LogP contribution >= 0.6 is 27.5 Å². The van der Waals surface area contributed by atoms with Crippen molar-refractivity contribution in [1.82, 2.24) is 4.98 Å². The smallest absolute Gasteiger partial charge is 0.290 e. The van der Waals surface area contributed by atoms with Crippen molar-refractivity contribution in [2.75, 3.05) is 7.11 Å². The van der Waals surface area contributed by atoms with Crippen LogP contribution in [0.3, 0.4) is 0 Å². The first kappa shape index (κ1) is 10.5. The van der Waals surface area contributed by atoms with Crippen LogP contribution in [0.25, 0.3) is 10.9 Å². The van der Waals surface area contributed by atoms with Crippen molar-refractivity contribution in [3.05, 3.63) is 38.0 Å². The van der Waals surface area contributed by atoms with E-state index in [-0.39, 0.29) is 11.3 Å². The number of nitrogens with one attached hydrogen (secondary N) is 1. The predicted molar refractivity (Wildman–Crippen MR) is 63.8 cm³/mol. The number of ether oxygens (including phenoxy) is 1. The summed E-state index contributed by atoms with van der Waals surface area (Å²) in [5, 5.41) is 1.32. The van der Waals surface area contributed by atoms with E-state index < -0.39 is 0 Å². The molecule has 1 N–H and O–H groups in total. The highest BCUT2D eigenvalue weighted by Crippen LogP contribution is 2.27. The van der Waals surface area contributed by atoms with Gasteiger partial charge >= 0.3 is 0 Å². The van der Waals surface area contributed by atoms with Crippen LogP contribution in [0.5, 0.6) is 5.75 Å². The molecular weight excluding hydrogens is 281 g/mol. The summed E-state index contributed by atoms with van der Waals surface area (Å²) < 4.78 is 5.79. The monoisotopic (exact) mass is 287 g/mol. The van der Waals surface area contributed by atoms with Gasteiger partial charge < -0.3 is 9.72 Å². The van der Waals surface area contributed by atoms with Gasteiger partial charge in [-0.25, -0.2) is 0 Å². The number of hydrogen-bond donors (Lipinski definition) is 1. The fraction of sp³-hybridized carbons (Fsp3) is 0.100. The van der Waals surface area contributed by atoms with Crippen molar-refractivity contribution in [3.63, 3.8) is 0 Å². The van der Waals surface area contributed by atoms with Crippen molar-refractivity contribution in [2.24, 2.45) is 0 Å². The number of methoxy groups -OCH3 is 1. The first-order valence-corrected chi connectivity index (χ1v) is 5.35. The number of fused-ring (bicyclic) bond motifs is 1. The molecule has 0 atom stereocenters. The Morgan fingerprint density at radius 3 is 2.80 bits per heavy atom. The zero-order valence-electron chi connectivity index (χ0n) is 7.80. The molecule has 1 heterocycles. The summed E-state index contributed by atoms with van der Waals surface area (Å²) in [6.45, 7) is 0. The molecule has 0 amide bonds. The Balaban J connectivity index is 2.87. The van der Waals surface area contributed by atoms with Crippen molar-refractivity contribution < 1.29 is 4.74 Å². The molecular formula is C10H7BrClNO2. The second-order valence-electron chi connectivity index (χ2n) is 3.02. The van der Waals surface area contributed by atoms with Crippen LogP contribution in [-0.2, 0) is 0 Å². The number of aromatic amines is 1. The quantitative estimate of drug-likeness (QED) is 0.876. The summed E-state index contributed by atoms with van der Waals surface area (Å²) >= 11 is 9.32. The molecule has 0 unspecified atom stereocenters. The molecule has 1 aromatic carbocycles. The zero-order chi connectivity index (χ0) is 11.0. The highest BCUT2D eigenvalue weighted by atomic mass is 79.9. The Labute approximate surface area is 99.1 Å². The van der Waals surface area contributed by atoms with Gasteiger partial charge in [0.05, 0.1) is 17.6 Å². The van der Waals surface area contributed by atoms with Crippen molar-refractivity contribution in [3.8, 4) is 5.75 Å². The van der Waals surface area contributed by atoms with E-state index in [9.17, 15) is 4.79 Å². The average molecular weight is 289 g/mol. The number of H-pyrrole nitrogens is 1. The highest BCUT2D eigenvalue weighted by molar-refractivity contribution is 9.10. The lowest BCUT2D eigenvalue weighted by Crippen LogP contribution is -2.08. The average Bonchev–Trinajstić information content (AvgIpc) is 2.18. The standard InChI is InChI=1S/C10H7BrClNO2/c1-15-8-3-5-2-6(11)4-7(12)9(5)13-10(8)14/h2-4H,1H3,(H,13,14). The molecule has 78 valence electrons. The second kappa shape index (κ2) is 3.87. The lowest BCUT2D eigenvalue weighted by atomic mass is 10.2. The first-order chi connectivity index (χ1) is 7.11. The first-order valence-electron chi connectivity index (χ1n) is 4.18. The summed E-state index contributed by atoms with van der Waals surface area (Å²) in [5.41, 5.74) is 0.333. The van der Waals surface area contributed by atoms with Crippen LogP contribution in [0, 0.1) is 0 Å². The Morgan fingerprint density at radius 1 is 1.40 bits per heavy atom. The number of benzene rings is 1. The maximum atomic E-state index is 11.5. The van der Waals surface area contributed by atoms with E-state index in [1.807, 2.05) is 6.07 Å². The summed E-state index contributed by atoms with van der Waals surface area (Å²) in [5.74, 6) is 0.275. The van der Waals surface area contributed by atoms with Gasteiger partial charge in [-0.05, 0) is 18.2 Å². The van der Waals surface area contributed by atoms with E-state index in [2.05, 4.69) is 20.9 Å². The van der Waals surface area contributed by atoms with Crippen molar-refractivity contribution >= 4 is 38.4 Å². The SMILES string of the molecule is COc1cc2cc(Br)cc(Cl)c2[nH]c1=O. The number of halogens is 2. The second-order valence-corrected chi connectivity index (χ2v) is 4.34. The molecule has 3 nitrogen and oxygen atoms in total. The van der Waals surface area contributed by atoms with Gasteiger partial charge in [0.2, 0.25) is 0 Å². The van der Waals surface area contributed by atoms with E-state index in [4.69, 9.17) is 16.3 Å². The van der Waals surface area contributed by atoms with Gasteiger partial charge in [-0.3, -0.25) is 4.79 Å². The number of aromatic nitrogens is 1. The van der Waals surface area contributed by atoms with Gasteiger partial charge in [0.25, 0.3) is 5.56 Å². The Bertz CT molecular complexity index is 579. The molecule has 0 bridgehead atoms. The third kappa shape index (κ3) is 1.87. The van der Waals surface area contributed by atoms with Gasteiger partial charge in [-0.15, -0.1) is 0 Å². The minimum Gasteiger partial charge on any atom is -0.491 e. The normalized spacial score (nSPS) is 10.6. The van der Waals surface area contributed by atoms with Gasteiger partial charge in [0, 0.05) is 9.86 Å². The number of pyridine rings is 1. The molecule has 0 saturated heterocycles. The predicted octanol–water partition coefficient (Wildman–Crippen LogP) is 2.95. The Morgan fingerprint density at radius 2 is 2.13 bits per heavy atom. The van der Waals surface area contributed by atoms with Crippen molar-refractivity contribution in [1.29, 1.82) is 0 Å². The molecule has 0 aliphatic rings. The molecule has 0 saturated carbocycles. The molecule has 0 spiro atoms. The highest BCUT2D eigenvalue weighted by Gasteiger charge is 2.06. The van der Waals surface area contributed by atoms with Crippen LogP contribution in [0.2, 0.25) is 5.02 Å². The zero-order valence-corrected chi connectivity index (χ0v) is 10.1. The van der Waals surface area contributed by atoms with Gasteiger partial charge in [-0.1, -0.05) is 27.5 Å². The molecule has 0 fully saturated rings. The topological polar surface area (TPSA) is 42.1 Å². The lowest BCUT2D eigenvalue weighted by Gasteiger charge is -2.04. The van der Waals surface area contributed by atoms with Crippen LogP contribution in [0.1, 0.15) is 0 Å². The third-order valence-corrected chi connectivity index (χ3v) is 2.81. The summed E-state index contributed by atoms with van der Waals surface area (Å²) in [6, 6.07) is 5.25. The fourth-order valence-corrected chi connectivity index (χ4v) is 2.25. The molecule has 1 aromatic heterocycles. The minimum absolute atomic E-state index is 0.275. The van der Waals surface area contributed by atoms with Gasteiger partial charge in [-0.2, -0.15) is 0 Å². The van der Waals surface area contributed by atoms with E-state index >= 15 is 0 Å². The summed E-state index contributed by atoms with van der Waals surface area (Å²) in [7, 11) is 1.45. The van der Waals surface area contributed by atoms with Gasteiger partial charge in [0.15, 0.2) is 5.75 Å². The van der Waals surface area contributed by atoms with Crippen LogP contribution in [0.4, 0.5) is 0 Å².